The molecule has 1 atom stereocenters. The molecule has 0 spiro atoms. The fourth-order valence-corrected chi connectivity index (χ4v) is 3.41. The summed E-state index contributed by atoms with van der Waals surface area (Å²) in [5, 5.41) is 15.8. The third kappa shape index (κ3) is 2.86. The number of nitrogens with zero attached hydrogens (tertiary/aromatic N) is 3. The quantitative estimate of drug-likeness (QED) is 0.739. The lowest BCUT2D eigenvalue weighted by molar-refractivity contribution is -0.100. The van der Waals surface area contributed by atoms with E-state index in [0.717, 1.165) is 5.56 Å². The molecule has 1 N–H and O–H groups in total. The Morgan fingerprint density at radius 3 is 2.62 bits per heavy atom. The zero-order chi connectivity index (χ0) is 18.2. The van der Waals surface area contributed by atoms with Crippen molar-refractivity contribution in [3.05, 3.63) is 78.1 Å². The molecule has 1 saturated carbocycles. The average Bonchev–Trinajstić information content (AvgIpc) is 3.23. The summed E-state index contributed by atoms with van der Waals surface area (Å²) in [5.74, 6) is 0.199. The van der Waals surface area contributed by atoms with Crippen molar-refractivity contribution in [2.45, 2.75) is 37.5 Å². The van der Waals surface area contributed by atoms with Crippen LogP contribution in [0.5, 0.6) is 5.75 Å². The molecule has 4 rings (SSSR count). The molecule has 0 radical (unpaired) electrons. The lowest BCUT2D eigenvalue weighted by Gasteiger charge is -2.37. The van der Waals surface area contributed by atoms with Crippen molar-refractivity contribution >= 4 is 0 Å². The topological polar surface area (TPSA) is 60.2 Å². The van der Waals surface area contributed by atoms with Crippen molar-refractivity contribution < 1.29 is 14.2 Å². The van der Waals surface area contributed by atoms with Gasteiger partial charge in [-0.3, -0.25) is 0 Å². The molecule has 1 aliphatic carbocycles. The SMILES string of the molecule is Cc1ccc(C(O)(Cn2cncn2)C2(Oc3ccccc3)CC2)c(F)c1. The van der Waals surface area contributed by atoms with Crippen molar-refractivity contribution in [3.63, 3.8) is 0 Å². The van der Waals surface area contributed by atoms with Crippen LogP contribution in [0, 0.1) is 12.7 Å². The molecular weight excluding hydrogens is 333 g/mol. The van der Waals surface area contributed by atoms with E-state index < -0.39 is 17.0 Å². The minimum absolute atomic E-state index is 0.0554. The van der Waals surface area contributed by atoms with Crippen LogP contribution in [-0.4, -0.2) is 25.5 Å². The van der Waals surface area contributed by atoms with E-state index in [0.29, 0.717) is 18.6 Å². The molecule has 3 aromatic rings. The summed E-state index contributed by atoms with van der Waals surface area (Å²) in [6.45, 7) is 1.87. The second-order valence-corrected chi connectivity index (χ2v) is 6.85. The monoisotopic (exact) mass is 353 g/mol. The van der Waals surface area contributed by atoms with E-state index >= 15 is 0 Å². The van der Waals surface area contributed by atoms with Gasteiger partial charge in [0.1, 0.15) is 29.8 Å². The van der Waals surface area contributed by atoms with Crippen LogP contribution >= 0.6 is 0 Å². The maximum Gasteiger partial charge on any atom is 0.151 e. The minimum atomic E-state index is -1.58. The second kappa shape index (κ2) is 6.21. The summed E-state index contributed by atoms with van der Waals surface area (Å²) < 4.78 is 22.5. The number of halogens is 1. The first-order valence-corrected chi connectivity index (χ1v) is 8.58. The van der Waals surface area contributed by atoms with Gasteiger partial charge >= 0.3 is 0 Å². The van der Waals surface area contributed by atoms with Crippen molar-refractivity contribution in [2.24, 2.45) is 0 Å². The van der Waals surface area contributed by atoms with E-state index in [-0.39, 0.29) is 12.1 Å². The zero-order valence-corrected chi connectivity index (χ0v) is 14.5. The number of rotatable bonds is 6. The molecular formula is C20H20FN3O2. The summed E-state index contributed by atoms with van der Waals surface area (Å²) in [4.78, 5) is 3.93. The molecule has 0 saturated heterocycles. The predicted octanol–water partition coefficient (Wildman–Crippen LogP) is 3.23. The van der Waals surface area contributed by atoms with E-state index in [1.165, 1.54) is 23.4 Å². The molecule has 1 fully saturated rings. The Labute approximate surface area is 151 Å². The molecule has 134 valence electrons. The third-order valence-electron chi connectivity index (χ3n) is 4.94. The summed E-state index contributed by atoms with van der Waals surface area (Å²) in [5.41, 5.74) is -1.47. The highest BCUT2D eigenvalue weighted by molar-refractivity contribution is 5.35. The van der Waals surface area contributed by atoms with Gasteiger partial charge in [0, 0.05) is 5.56 Å². The Morgan fingerprint density at radius 2 is 2.00 bits per heavy atom. The van der Waals surface area contributed by atoms with Crippen LogP contribution < -0.4 is 4.74 Å². The first-order chi connectivity index (χ1) is 12.5. The molecule has 0 amide bonds. The molecule has 5 nitrogen and oxygen atoms in total. The third-order valence-corrected chi connectivity index (χ3v) is 4.94. The number of hydrogen-bond acceptors (Lipinski definition) is 4. The Balaban J connectivity index is 1.77. The number of aryl methyl sites for hydroxylation is 1. The highest BCUT2D eigenvalue weighted by atomic mass is 19.1. The number of benzene rings is 2. The molecule has 26 heavy (non-hydrogen) atoms. The van der Waals surface area contributed by atoms with Crippen LogP contribution in [0.3, 0.4) is 0 Å². The largest absolute Gasteiger partial charge is 0.484 e. The number of ether oxygens (including phenoxy) is 1. The molecule has 1 heterocycles. The van der Waals surface area contributed by atoms with Gasteiger partial charge in [-0.25, -0.2) is 14.1 Å². The van der Waals surface area contributed by atoms with Crippen molar-refractivity contribution in [2.75, 3.05) is 0 Å². The second-order valence-electron chi connectivity index (χ2n) is 6.85. The number of aromatic nitrogens is 3. The molecule has 0 bridgehead atoms. The van der Waals surface area contributed by atoms with Crippen LogP contribution in [0.15, 0.2) is 61.2 Å². The number of para-hydroxylation sites is 1. The van der Waals surface area contributed by atoms with E-state index in [1.807, 2.05) is 37.3 Å². The van der Waals surface area contributed by atoms with Gasteiger partial charge in [-0.1, -0.05) is 30.3 Å². The van der Waals surface area contributed by atoms with Gasteiger partial charge in [-0.2, -0.15) is 5.10 Å². The van der Waals surface area contributed by atoms with Crippen molar-refractivity contribution in [1.29, 1.82) is 0 Å². The van der Waals surface area contributed by atoms with Crippen LogP contribution in [-0.2, 0) is 12.1 Å². The Hall–Kier alpha value is -2.73. The maximum absolute atomic E-state index is 14.8. The standard InChI is InChI=1S/C20H20FN3O2/c1-15-7-8-17(18(21)11-15)20(25,12-24-14-22-13-23-24)19(9-10-19)26-16-5-3-2-4-6-16/h2-8,11,13-14,25H,9-10,12H2,1H3. The smallest absolute Gasteiger partial charge is 0.151 e. The Morgan fingerprint density at radius 1 is 1.23 bits per heavy atom. The van der Waals surface area contributed by atoms with E-state index in [9.17, 15) is 9.50 Å². The first-order valence-electron chi connectivity index (χ1n) is 8.58. The lowest BCUT2D eigenvalue weighted by atomic mass is 9.84. The highest BCUT2D eigenvalue weighted by Crippen LogP contribution is 2.54. The zero-order valence-electron chi connectivity index (χ0n) is 14.5. The van der Waals surface area contributed by atoms with E-state index in [4.69, 9.17) is 4.74 Å². The van der Waals surface area contributed by atoms with Gasteiger partial charge in [0.25, 0.3) is 0 Å². The summed E-state index contributed by atoms with van der Waals surface area (Å²) in [6, 6.07) is 14.2. The number of hydrogen-bond donors (Lipinski definition) is 1. The Bertz CT molecular complexity index is 895. The summed E-state index contributed by atoms with van der Waals surface area (Å²) in [7, 11) is 0. The van der Waals surface area contributed by atoms with Gasteiger partial charge < -0.3 is 9.84 Å². The van der Waals surface area contributed by atoms with E-state index in [1.54, 1.807) is 12.1 Å². The molecule has 1 aliphatic rings. The van der Waals surface area contributed by atoms with Crippen molar-refractivity contribution in [1.82, 2.24) is 14.8 Å². The van der Waals surface area contributed by atoms with Crippen LogP contribution in [0.4, 0.5) is 4.39 Å². The minimum Gasteiger partial charge on any atom is -0.484 e. The molecule has 6 heteroatoms. The van der Waals surface area contributed by atoms with Crippen LogP contribution in [0.25, 0.3) is 0 Å². The average molecular weight is 353 g/mol. The summed E-state index contributed by atoms with van der Waals surface area (Å²) in [6.07, 6.45) is 4.15. The molecule has 1 unspecified atom stereocenters. The van der Waals surface area contributed by atoms with Crippen molar-refractivity contribution in [3.8, 4) is 5.75 Å². The normalized spacial score (nSPS) is 17.5. The van der Waals surface area contributed by atoms with Gasteiger partial charge in [-0.15, -0.1) is 0 Å². The maximum atomic E-state index is 14.8. The van der Waals surface area contributed by atoms with E-state index in [2.05, 4.69) is 10.1 Å². The molecule has 0 aliphatic heterocycles. The van der Waals surface area contributed by atoms with Crippen LogP contribution in [0.2, 0.25) is 0 Å². The predicted molar refractivity (Wildman–Crippen MR) is 94.1 cm³/mol. The first kappa shape index (κ1) is 16.7. The molecule has 1 aromatic heterocycles. The van der Waals surface area contributed by atoms with Gasteiger partial charge in [0.15, 0.2) is 5.60 Å². The van der Waals surface area contributed by atoms with Gasteiger partial charge in [0.05, 0.1) is 6.54 Å². The lowest BCUT2D eigenvalue weighted by Crippen LogP contribution is -2.49. The Kier molecular flexibility index (Phi) is 4.00. The van der Waals surface area contributed by atoms with Gasteiger partial charge in [-0.05, 0) is 43.5 Å². The molecule has 2 aromatic carbocycles. The fourth-order valence-electron chi connectivity index (χ4n) is 3.41. The van der Waals surface area contributed by atoms with Crippen LogP contribution in [0.1, 0.15) is 24.0 Å². The summed E-state index contributed by atoms with van der Waals surface area (Å²) >= 11 is 0. The fraction of sp³-hybridized carbons (Fsp3) is 0.300. The van der Waals surface area contributed by atoms with Gasteiger partial charge in [0.2, 0.25) is 0 Å². The highest BCUT2D eigenvalue weighted by Gasteiger charge is 2.63. The number of aliphatic hydroxyl groups is 1.